The first-order chi connectivity index (χ1) is 8.36. The molecule has 88 valence electrons. The van der Waals surface area contributed by atoms with Gasteiger partial charge in [-0.3, -0.25) is 9.97 Å². The zero-order chi connectivity index (χ0) is 11.9. The molecule has 2 aromatic rings. The first kappa shape index (κ1) is 11.7. The number of nitrogens with one attached hydrogen (secondary N) is 1. The Morgan fingerprint density at radius 1 is 1.12 bits per heavy atom. The lowest BCUT2D eigenvalue weighted by Crippen LogP contribution is -2.21. The average molecular weight is 229 g/mol. The van der Waals surface area contributed by atoms with Gasteiger partial charge in [-0.1, -0.05) is 6.07 Å². The van der Waals surface area contributed by atoms with E-state index in [9.17, 15) is 5.11 Å². The molecule has 0 aliphatic heterocycles. The first-order valence-electron chi connectivity index (χ1n) is 5.54. The Balaban J connectivity index is 1.79. The van der Waals surface area contributed by atoms with Crippen molar-refractivity contribution < 1.29 is 5.11 Å². The van der Waals surface area contributed by atoms with Gasteiger partial charge in [0, 0.05) is 37.9 Å². The molecule has 2 rings (SSSR count). The molecule has 4 nitrogen and oxygen atoms in total. The van der Waals surface area contributed by atoms with E-state index in [0.717, 1.165) is 11.1 Å². The van der Waals surface area contributed by atoms with Gasteiger partial charge in [0.05, 0.1) is 6.10 Å². The standard InChI is InChI=1S/C13H15N3O/c17-13(12-3-6-14-7-4-12)10-16-9-11-2-1-5-15-8-11/h1-8,13,16-17H,9-10H2. The van der Waals surface area contributed by atoms with Crippen LogP contribution in [0.5, 0.6) is 0 Å². The van der Waals surface area contributed by atoms with Crippen LogP contribution in [0.15, 0.2) is 49.1 Å². The third kappa shape index (κ3) is 3.62. The fraction of sp³-hybridized carbons (Fsp3) is 0.231. The van der Waals surface area contributed by atoms with Crippen molar-refractivity contribution in [2.24, 2.45) is 0 Å². The third-order valence-corrected chi connectivity index (χ3v) is 2.48. The zero-order valence-electron chi connectivity index (χ0n) is 9.45. The van der Waals surface area contributed by atoms with E-state index in [4.69, 9.17) is 0 Å². The second-order valence-electron chi connectivity index (χ2n) is 3.79. The molecule has 0 saturated heterocycles. The second-order valence-corrected chi connectivity index (χ2v) is 3.79. The van der Waals surface area contributed by atoms with Crippen LogP contribution < -0.4 is 5.32 Å². The summed E-state index contributed by atoms with van der Waals surface area (Å²) >= 11 is 0. The highest BCUT2D eigenvalue weighted by Gasteiger charge is 2.05. The molecular formula is C13H15N3O. The smallest absolute Gasteiger partial charge is 0.0915 e. The van der Waals surface area contributed by atoms with E-state index < -0.39 is 6.10 Å². The third-order valence-electron chi connectivity index (χ3n) is 2.48. The molecule has 0 aliphatic rings. The summed E-state index contributed by atoms with van der Waals surface area (Å²) < 4.78 is 0. The van der Waals surface area contributed by atoms with Gasteiger partial charge in [0.25, 0.3) is 0 Å². The number of hydrogen-bond donors (Lipinski definition) is 2. The van der Waals surface area contributed by atoms with Gasteiger partial charge >= 0.3 is 0 Å². The maximum absolute atomic E-state index is 9.89. The van der Waals surface area contributed by atoms with Gasteiger partial charge in [0.1, 0.15) is 0 Å². The van der Waals surface area contributed by atoms with E-state index in [1.165, 1.54) is 0 Å². The SMILES string of the molecule is OC(CNCc1cccnc1)c1ccncc1. The molecule has 0 fully saturated rings. The molecule has 17 heavy (non-hydrogen) atoms. The molecule has 0 saturated carbocycles. The molecule has 2 heterocycles. The van der Waals surface area contributed by atoms with Crippen molar-refractivity contribution in [1.82, 2.24) is 15.3 Å². The molecule has 0 bridgehead atoms. The quantitative estimate of drug-likeness (QED) is 0.811. The summed E-state index contributed by atoms with van der Waals surface area (Å²) in [7, 11) is 0. The molecule has 2 aromatic heterocycles. The molecule has 0 spiro atoms. The molecule has 4 heteroatoms. The number of rotatable bonds is 5. The Bertz CT molecular complexity index is 433. The second kappa shape index (κ2) is 6.08. The Labute approximate surface area is 100 Å². The van der Waals surface area contributed by atoms with Crippen LogP contribution in [-0.4, -0.2) is 21.6 Å². The minimum Gasteiger partial charge on any atom is -0.387 e. The summed E-state index contributed by atoms with van der Waals surface area (Å²) in [5, 5.41) is 13.1. The molecule has 2 N–H and O–H groups in total. The fourth-order valence-corrected chi connectivity index (χ4v) is 1.56. The van der Waals surface area contributed by atoms with Gasteiger partial charge in [-0.25, -0.2) is 0 Å². The van der Waals surface area contributed by atoms with Gasteiger partial charge in [0.15, 0.2) is 0 Å². The summed E-state index contributed by atoms with van der Waals surface area (Å²) in [4.78, 5) is 7.95. The zero-order valence-corrected chi connectivity index (χ0v) is 9.45. The van der Waals surface area contributed by atoms with Crippen molar-refractivity contribution in [2.75, 3.05) is 6.54 Å². The van der Waals surface area contributed by atoms with E-state index in [1.807, 2.05) is 30.5 Å². The highest BCUT2D eigenvalue weighted by Crippen LogP contribution is 2.09. The summed E-state index contributed by atoms with van der Waals surface area (Å²) in [5.41, 5.74) is 1.98. The summed E-state index contributed by atoms with van der Waals surface area (Å²) in [5.74, 6) is 0. The van der Waals surface area contributed by atoms with E-state index in [2.05, 4.69) is 15.3 Å². The van der Waals surface area contributed by atoms with Crippen LogP contribution in [0.2, 0.25) is 0 Å². The number of aliphatic hydroxyl groups excluding tert-OH is 1. The van der Waals surface area contributed by atoms with Crippen LogP contribution in [-0.2, 0) is 6.54 Å². The highest BCUT2D eigenvalue weighted by molar-refractivity contribution is 5.13. The van der Waals surface area contributed by atoms with Gasteiger partial charge in [-0.05, 0) is 29.3 Å². The Morgan fingerprint density at radius 3 is 2.65 bits per heavy atom. The van der Waals surface area contributed by atoms with Crippen LogP contribution in [0.1, 0.15) is 17.2 Å². The van der Waals surface area contributed by atoms with E-state index in [1.54, 1.807) is 18.6 Å². The summed E-state index contributed by atoms with van der Waals surface area (Å²) in [6.07, 6.45) is 6.41. The number of aromatic nitrogens is 2. The van der Waals surface area contributed by atoms with Crippen LogP contribution >= 0.6 is 0 Å². The molecule has 0 amide bonds. The monoisotopic (exact) mass is 229 g/mol. The van der Waals surface area contributed by atoms with Crippen molar-refractivity contribution in [1.29, 1.82) is 0 Å². The lowest BCUT2D eigenvalue weighted by molar-refractivity contribution is 0.174. The first-order valence-corrected chi connectivity index (χ1v) is 5.54. The Morgan fingerprint density at radius 2 is 1.94 bits per heavy atom. The normalized spacial score (nSPS) is 12.3. The fourth-order valence-electron chi connectivity index (χ4n) is 1.56. The van der Waals surface area contributed by atoms with Crippen LogP contribution in [0, 0.1) is 0 Å². The van der Waals surface area contributed by atoms with Crippen molar-refractivity contribution in [3.63, 3.8) is 0 Å². The number of nitrogens with zero attached hydrogens (tertiary/aromatic N) is 2. The molecule has 0 aliphatic carbocycles. The van der Waals surface area contributed by atoms with E-state index in [0.29, 0.717) is 13.1 Å². The van der Waals surface area contributed by atoms with Crippen molar-refractivity contribution in [3.05, 3.63) is 60.2 Å². The molecule has 1 unspecified atom stereocenters. The molecular weight excluding hydrogens is 214 g/mol. The van der Waals surface area contributed by atoms with E-state index in [-0.39, 0.29) is 0 Å². The summed E-state index contributed by atoms with van der Waals surface area (Å²) in [6.45, 7) is 1.22. The van der Waals surface area contributed by atoms with Gasteiger partial charge in [0.2, 0.25) is 0 Å². The molecule has 0 radical (unpaired) electrons. The maximum Gasteiger partial charge on any atom is 0.0915 e. The lowest BCUT2D eigenvalue weighted by Gasteiger charge is -2.11. The Kier molecular flexibility index (Phi) is 4.18. The van der Waals surface area contributed by atoms with Crippen LogP contribution in [0.25, 0.3) is 0 Å². The predicted molar refractivity (Wildman–Crippen MR) is 65.1 cm³/mol. The number of pyridine rings is 2. The number of hydrogen-bond acceptors (Lipinski definition) is 4. The van der Waals surface area contributed by atoms with Crippen LogP contribution in [0.4, 0.5) is 0 Å². The van der Waals surface area contributed by atoms with Crippen LogP contribution in [0.3, 0.4) is 0 Å². The highest BCUT2D eigenvalue weighted by atomic mass is 16.3. The van der Waals surface area contributed by atoms with E-state index >= 15 is 0 Å². The lowest BCUT2D eigenvalue weighted by atomic mass is 10.1. The van der Waals surface area contributed by atoms with Gasteiger partial charge in [-0.15, -0.1) is 0 Å². The maximum atomic E-state index is 9.89. The largest absolute Gasteiger partial charge is 0.387 e. The minimum absolute atomic E-state index is 0.505. The van der Waals surface area contributed by atoms with Crippen molar-refractivity contribution in [2.45, 2.75) is 12.6 Å². The molecule has 1 atom stereocenters. The molecule has 0 aromatic carbocycles. The van der Waals surface area contributed by atoms with Crippen molar-refractivity contribution >= 4 is 0 Å². The number of aliphatic hydroxyl groups is 1. The minimum atomic E-state index is -0.505. The topological polar surface area (TPSA) is 58.0 Å². The van der Waals surface area contributed by atoms with Gasteiger partial charge < -0.3 is 10.4 Å². The van der Waals surface area contributed by atoms with Gasteiger partial charge in [-0.2, -0.15) is 0 Å². The van der Waals surface area contributed by atoms with Crippen molar-refractivity contribution in [3.8, 4) is 0 Å². The predicted octanol–water partition coefficient (Wildman–Crippen LogP) is 1.30. The average Bonchev–Trinajstić information content (AvgIpc) is 2.41. The summed E-state index contributed by atoms with van der Waals surface area (Å²) in [6, 6.07) is 7.53. The Hall–Kier alpha value is -1.78.